The molecule has 5 heteroatoms. The first kappa shape index (κ1) is 17.8. The topological polar surface area (TPSA) is 29.3 Å². The highest BCUT2D eigenvalue weighted by Crippen LogP contribution is 2.39. The van der Waals surface area contributed by atoms with Crippen LogP contribution in [0.5, 0.6) is 0 Å². The lowest BCUT2D eigenvalue weighted by Crippen LogP contribution is -2.41. The molecule has 0 radical (unpaired) electrons. The van der Waals surface area contributed by atoms with E-state index in [4.69, 9.17) is 5.73 Å². The molecule has 2 nitrogen and oxygen atoms in total. The molecule has 0 fully saturated rings. The minimum absolute atomic E-state index is 0.165. The summed E-state index contributed by atoms with van der Waals surface area (Å²) >= 11 is 0. The third-order valence-electron chi connectivity index (χ3n) is 4.06. The van der Waals surface area contributed by atoms with Gasteiger partial charge < -0.3 is 10.6 Å². The molecule has 120 valence electrons. The lowest BCUT2D eigenvalue weighted by molar-refractivity contribution is -0.137. The van der Waals surface area contributed by atoms with Crippen LogP contribution >= 0.6 is 0 Å². The van der Waals surface area contributed by atoms with Gasteiger partial charge in [0.1, 0.15) is 0 Å². The van der Waals surface area contributed by atoms with Gasteiger partial charge in [0.2, 0.25) is 0 Å². The molecule has 1 unspecified atom stereocenters. The van der Waals surface area contributed by atoms with E-state index >= 15 is 0 Å². The summed E-state index contributed by atoms with van der Waals surface area (Å²) in [6.07, 6.45) is -3.19. The smallest absolute Gasteiger partial charge is 0.369 e. The van der Waals surface area contributed by atoms with Crippen molar-refractivity contribution in [2.75, 3.05) is 11.9 Å². The molecule has 1 rings (SSSR count). The Bertz CT molecular complexity index is 479. The molecule has 0 aliphatic heterocycles. The normalized spacial score (nSPS) is 14.1. The fourth-order valence-corrected chi connectivity index (χ4v) is 2.16. The van der Waals surface area contributed by atoms with E-state index in [1.165, 1.54) is 6.07 Å². The van der Waals surface area contributed by atoms with Crippen LogP contribution in [-0.2, 0) is 12.6 Å². The van der Waals surface area contributed by atoms with Crippen molar-refractivity contribution in [3.63, 3.8) is 0 Å². The van der Waals surface area contributed by atoms with Gasteiger partial charge >= 0.3 is 6.18 Å². The van der Waals surface area contributed by atoms with Crippen molar-refractivity contribution in [3.8, 4) is 0 Å². The van der Waals surface area contributed by atoms with E-state index in [1.807, 2.05) is 20.8 Å². The third kappa shape index (κ3) is 4.37. The van der Waals surface area contributed by atoms with Crippen LogP contribution in [0.1, 0.15) is 45.2 Å². The molecule has 2 N–H and O–H groups in total. The van der Waals surface area contributed by atoms with Crippen molar-refractivity contribution in [1.82, 2.24) is 0 Å². The Balaban J connectivity index is 3.32. The number of nitrogens with two attached hydrogens (primary N) is 1. The molecule has 0 spiro atoms. The molecule has 1 aromatic rings. The van der Waals surface area contributed by atoms with Crippen LogP contribution in [0.25, 0.3) is 0 Å². The largest absolute Gasteiger partial charge is 0.418 e. The second-order valence-corrected chi connectivity index (χ2v) is 6.26. The van der Waals surface area contributed by atoms with Gasteiger partial charge in [-0.05, 0) is 51.3 Å². The van der Waals surface area contributed by atoms with E-state index in [1.54, 1.807) is 31.0 Å². The summed E-state index contributed by atoms with van der Waals surface area (Å²) < 4.78 is 40.1. The maximum Gasteiger partial charge on any atom is 0.418 e. The van der Waals surface area contributed by atoms with Gasteiger partial charge in [0.05, 0.1) is 5.56 Å². The molecule has 0 saturated heterocycles. The van der Waals surface area contributed by atoms with Crippen molar-refractivity contribution in [2.45, 2.75) is 58.3 Å². The second-order valence-electron chi connectivity index (χ2n) is 6.26. The summed E-state index contributed by atoms with van der Waals surface area (Å²) in [5, 5.41) is 0. The Morgan fingerprint density at radius 1 is 1.24 bits per heavy atom. The van der Waals surface area contributed by atoms with Crippen LogP contribution in [0.3, 0.4) is 0 Å². The van der Waals surface area contributed by atoms with Crippen LogP contribution in [0.4, 0.5) is 18.9 Å². The predicted molar refractivity (Wildman–Crippen MR) is 81.6 cm³/mol. The molecule has 1 atom stereocenters. The van der Waals surface area contributed by atoms with E-state index in [-0.39, 0.29) is 17.3 Å². The Hall–Kier alpha value is -1.23. The predicted octanol–water partition coefficient (Wildman–Crippen LogP) is 4.22. The van der Waals surface area contributed by atoms with Gasteiger partial charge in [0.15, 0.2) is 0 Å². The second kappa shape index (κ2) is 6.26. The Morgan fingerprint density at radius 3 is 2.24 bits per heavy atom. The van der Waals surface area contributed by atoms with Gasteiger partial charge in [-0.1, -0.05) is 13.0 Å². The van der Waals surface area contributed by atoms with E-state index in [9.17, 15) is 13.2 Å². The van der Waals surface area contributed by atoms with Crippen LogP contribution in [0.2, 0.25) is 0 Å². The SMILES string of the molecule is CCC(C)(C)N(C)c1ccc(CC(C)N)cc1C(F)(F)F. The summed E-state index contributed by atoms with van der Waals surface area (Å²) in [5.41, 5.74) is 5.57. The van der Waals surface area contributed by atoms with Crippen LogP contribution in [0.15, 0.2) is 18.2 Å². The first-order chi connectivity index (χ1) is 9.49. The van der Waals surface area contributed by atoms with Crippen LogP contribution in [0, 0.1) is 0 Å². The van der Waals surface area contributed by atoms with E-state index in [0.717, 1.165) is 6.42 Å². The number of alkyl halides is 3. The van der Waals surface area contributed by atoms with Crippen molar-refractivity contribution >= 4 is 5.69 Å². The summed E-state index contributed by atoms with van der Waals surface area (Å²) in [5.74, 6) is 0. The molecule has 1 aromatic carbocycles. The first-order valence-electron chi connectivity index (χ1n) is 7.18. The third-order valence-corrected chi connectivity index (χ3v) is 4.06. The van der Waals surface area contributed by atoms with Crippen molar-refractivity contribution in [2.24, 2.45) is 5.73 Å². The molecule has 0 aliphatic rings. The maximum atomic E-state index is 13.4. The van der Waals surface area contributed by atoms with Gasteiger partial charge in [-0.25, -0.2) is 0 Å². The fraction of sp³-hybridized carbons (Fsp3) is 0.625. The minimum atomic E-state index is -4.37. The summed E-state index contributed by atoms with van der Waals surface area (Å²) in [6.45, 7) is 7.62. The zero-order valence-corrected chi connectivity index (χ0v) is 13.4. The lowest BCUT2D eigenvalue weighted by Gasteiger charge is -2.38. The Labute approximate surface area is 125 Å². The summed E-state index contributed by atoms with van der Waals surface area (Å²) in [7, 11) is 1.71. The molecule has 0 saturated carbocycles. The zero-order valence-electron chi connectivity index (χ0n) is 13.4. The number of benzene rings is 1. The highest BCUT2D eigenvalue weighted by molar-refractivity contribution is 5.57. The fourth-order valence-electron chi connectivity index (χ4n) is 2.16. The van der Waals surface area contributed by atoms with Crippen molar-refractivity contribution in [1.29, 1.82) is 0 Å². The van der Waals surface area contributed by atoms with Gasteiger partial charge in [0, 0.05) is 24.3 Å². The highest BCUT2D eigenvalue weighted by atomic mass is 19.4. The monoisotopic (exact) mass is 302 g/mol. The average Bonchev–Trinajstić information content (AvgIpc) is 2.36. The number of hydrogen-bond donors (Lipinski definition) is 1. The zero-order chi connectivity index (χ0) is 16.4. The van der Waals surface area contributed by atoms with Gasteiger partial charge in [0.25, 0.3) is 0 Å². The first-order valence-corrected chi connectivity index (χ1v) is 7.18. The van der Waals surface area contributed by atoms with E-state index in [2.05, 4.69) is 0 Å². The standard InChI is InChI=1S/C16H25F3N2/c1-6-15(3,4)21(5)14-8-7-12(9-11(2)20)10-13(14)16(17,18)19/h7-8,10-11H,6,9,20H2,1-5H3. The molecular weight excluding hydrogens is 277 g/mol. The van der Waals surface area contributed by atoms with Crippen molar-refractivity contribution < 1.29 is 13.2 Å². The number of rotatable bonds is 5. The van der Waals surface area contributed by atoms with E-state index < -0.39 is 11.7 Å². The number of halogens is 3. The van der Waals surface area contributed by atoms with E-state index in [0.29, 0.717) is 12.0 Å². The highest BCUT2D eigenvalue weighted by Gasteiger charge is 2.36. The lowest BCUT2D eigenvalue weighted by atomic mass is 9.96. The Morgan fingerprint density at radius 2 is 1.81 bits per heavy atom. The average molecular weight is 302 g/mol. The van der Waals surface area contributed by atoms with Crippen LogP contribution < -0.4 is 10.6 Å². The molecule has 21 heavy (non-hydrogen) atoms. The summed E-state index contributed by atoms with van der Waals surface area (Å²) in [4.78, 5) is 1.70. The molecule has 0 bridgehead atoms. The van der Waals surface area contributed by atoms with Gasteiger partial charge in [-0.3, -0.25) is 0 Å². The van der Waals surface area contributed by atoms with Crippen molar-refractivity contribution in [3.05, 3.63) is 29.3 Å². The maximum absolute atomic E-state index is 13.4. The van der Waals surface area contributed by atoms with Crippen LogP contribution in [-0.4, -0.2) is 18.6 Å². The van der Waals surface area contributed by atoms with Gasteiger partial charge in [-0.15, -0.1) is 0 Å². The minimum Gasteiger partial charge on any atom is -0.369 e. The molecule has 0 amide bonds. The van der Waals surface area contributed by atoms with Gasteiger partial charge in [-0.2, -0.15) is 13.2 Å². The molecule has 0 heterocycles. The molecule has 0 aromatic heterocycles. The molecular formula is C16H25F3N2. The number of nitrogens with zero attached hydrogens (tertiary/aromatic N) is 1. The number of hydrogen-bond acceptors (Lipinski definition) is 2. The molecule has 0 aliphatic carbocycles. The Kier molecular flexibility index (Phi) is 5.31. The quantitative estimate of drug-likeness (QED) is 0.882. The summed E-state index contributed by atoms with van der Waals surface area (Å²) in [6, 6.07) is 4.34. The number of anilines is 1.